The van der Waals surface area contributed by atoms with Crippen LogP contribution in [0, 0.1) is 27.4 Å². The third kappa shape index (κ3) is 2.03. The fraction of sp³-hybridized carbons (Fsp3) is 0.733. The molecule has 2 nitrogen and oxygen atoms in total. The van der Waals surface area contributed by atoms with Crippen LogP contribution in [0.2, 0.25) is 0 Å². The molecule has 0 spiro atoms. The van der Waals surface area contributed by atoms with Crippen LogP contribution < -0.4 is 5.32 Å². The molecule has 98 valence electrons. The van der Waals surface area contributed by atoms with Crippen LogP contribution in [-0.4, -0.2) is 6.04 Å². The fourth-order valence-corrected chi connectivity index (χ4v) is 5.39. The molecule has 4 aliphatic carbocycles. The Labute approximate surface area is 122 Å². The van der Waals surface area contributed by atoms with Gasteiger partial charge in [-0.3, -0.25) is 0 Å². The topological polar surface area (TPSA) is 25.2 Å². The van der Waals surface area contributed by atoms with Gasteiger partial charge in [0, 0.05) is 6.04 Å². The summed E-state index contributed by atoms with van der Waals surface area (Å²) in [6.45, 7) is 0.913. The second kappa shape index (κ2) is 4.51. The minimum Gasteiger partial charge on any atom is -0.454 e. The molecule has 4 saturated carbocycles. The Morgan fingerprint density at radius 3 is 2.28 bits per heavy atom. The molecule has 1 aromatic heterocycles. The first-order valence-electron chi connectivity index (χ1n) is 7.25. The van der Waals surface area contributed by atoms with Crippen molar-refractivity contribution >= 4 is 22.6 Å². The van der Waals surface area contributed by atoms with Crippen LogP contribution in [0.5, 0.6) is 0 Å². The molecule has 4 fully saturated rings. The lowest BCUT2D eigenvalue weighted by Crippen LogP contribution is -2.54. The molecule has 5 rings (SSSR count). The van der Waals surface area contributed by atoms with Crippen LogP contribution in [0.4, 0.5) is 0 Å². The number of halogens is 1. The summed E-state index contributed by atoms with van der Waals surface area (Å²) in [5.41, 5.74) is 0. The van der Waals surface area contributed by atoms with Gasteiger partial charge in [-0.2, -0.15) is 0 Å². The van der Waals surface area contributed by atoms with Crippen LogP contribution in [0.15, 0.2) is 16.5 Å². The van der Waals surface area contributed by atoms with E-state index in [-0.39, 0.29) is 0 Å². The Balaban J connectivity index is 1.43. The van der Waals surface area contributed by atoms with Crippen LogP contribution >= 0.6 is 22.6 Å². The summed E-state index contributed by atoms with van der Waals surface area (Å²) in [5.74, 6) is 5.13. The number of hydrogen-bond acceptors (Lipinski definition) is 2. The molecule has 0 aromatic carbocycles. The smallest absolute Gasteiger partial charge is 0.164 e. The second-order valence-corrected chi connectivity index (χ2v) is 7.61. The van der Waals surface area contributed by atoms with E-state index < -0.39 is 0 Å². The van der Waals surface area contributed by atoms with E-state index in [0.717, 1.165) is 45.8 Å². The maximum Gasteiger partial charge on any atom is 0.164 e. The van der Waals surface area contributed by atoms with Crippen molar-refractivity contribution in [3.63, 3.8) is 0 Å². The average molecular weight is 357 g/mol. The lowest BCUT2D eigenvalue weighted by Gasteiger charge is -2.54. The zero-order chi connectivity index (χ0) is 12.1. The molecule has 3 heteroatoms. The molecular formula is C15H20INO. The van der Waals surface area contributed by atoms with Crippen molar-refractivity contribution in [3.8, 4) is 0 Å². The summed E-state index contributed by atoms with van der Waals surface area (Å²) in [6.07, 6.45) is 7.48. The normalized spacial score (nSPS) is 41.5. The van der Waals surface area contributed by atoms with Gasteiger partial charge < -0.3 is 9.73 Å². The van der Waals surface area contributed by atoms with E-state index in [1.807, 2.05) is 0 Å². The van der Waals surface area contributed by atoms with E-state index in [2.05, 4.69) is 40.0 Å². The van der Waals surface area contributed by atoms with Crippen molar-refractivity contribution in [1.29, 1.82) is 0 Å². The second-order valence-electron chi connectivity index (χ2n) is 6.54. The Kier molecular flexibility index (Phi) is 2.95. The predicted molar refractivity (Wildman–Crippen MR) is 79.1 cm³/mol. The van der Waals surface area contributed by atoms with Gasteiger partial charge in [-0.25, -0.2) is 0 Å². The van der Waals surface area contributed by atoms with Crippen molar-refractivity contribution < 1.29 is 4.42 Å². The van der Waals surface area contributed by atoms with Gasteiger partial charge in [-0.05, 0) is 90.5 Å². The summed E-state index contributed by atoms with van der Waals surface area (Å²) in [4.78, 5) is 0. The lowest BCUT2D eigenvalue weighted by atomic mass is 9.54. The van der Waals surface area contributed by atoms with E-state index >= 15 is 0 Å². The predicted octanol–water partition coefficient (Wildman–Crippen LogP) is 3.80. The van der Waals surface area contributed by atoms with Gasteiger partial charge in [0.25, 0.3) is 0 Å². The molecule has 0 aliphatic heterocycles. The number of rotatable bonds is 3. The third-order valence-electron chi connectivity index (χ3n) is 5.37. The molecule has 1 N–H and O–H groups in total. The van der Waals surface area contributed by atoms with E-state index in [1.165, 1.54) is 32.1 Å². The van der Waals surface area contributed by atoms with Crippen molar-refractivity contribution in [1.82, 2.24) is 5.32 Å². The molecule has 0 unspecified atom stereocenters. The molecule has 0 saturated heterocycles. The van der Waals surface area contributed by atoms with Crippen molar-refractivity contribution in [2.45, 2.75) is 44.7 Å². The van der Waals surface area contributed by atoms with Gasteiger partial charge in [0.15, 0.2) is 3.77 Å². The molecular weight excluding hydrogens is 337 g/mol. The zero-order valence-corrected chi connectivity index (χ0v) is 12.7. The number of nitrogens with one attached hydrogen (secondary N) is 1. The fourth-order valence-electron chi connectivity index (χ4n) is 4.92. The lowest BCUT2D eigenvalue weighted by molar-refractivity contribution is -0.0148. The van der Waals surface area contributed by atoms with Crippen LogP contribution in [0.1, 0.15) is 37.9 Å². The van der Waals surface area contributed by atoms with Crippen molar-refractivity contribution in [2.24, 2.45) is 23.7 Å². The standard InChI is InChI=1S/C15H20INO/c16-14-2-1-13(18-14)8-17-15-11-4-9-3-10(6-11)7-12(15)5-9/h1-2,9-12,15,17H,3-8H2. The molecule has 18 heavy (non-hydrogen) atoms. The van der Waals surface area contributed by atoms with Gasteiger partial charge in [0.05, 0.1) is 6.54 Å². The van der Waals surface area contributed by atoms with E-state index in [9.17, 15) is 0 Å². The first-order valence-corrected chi connectivity index (χ1v) is 8.33. The highest BCUT2D eigenvalue weighted by Crippen LogP contribution is 2.53. The van der Waals surface area contributed by atoms with Crippen molar-refractivity contribution in [2.75, 3.05) is 0 Å². The van der Waals surface area contributed by atoms with Crippen molar-refractivity contribution in [3.05, 3.63) is 21.7 Å². The summed E-state index contributed by atoms with van der Waals surface area (Å²) < 4.78 is 6.65. The highest BCUT2D eigenvalue weighted by Gasteiger charge is 2.47. The molecule has 1 aromatic rings. The Bertz CT molecular complexity index is 413. The van der Waals surface area contributed by atoms with Gasteiger partial charge >= 0.3 is 0 Å². The SMILES string of the molecule is Ic1ccc(CNC2C3CC4CC(C3)CC2C4)o1. The first kappa shape index (κ1) is 11.8. The van der Waals surface area contributed by atoms with Crippen LogP contribution in [0.3, 0.4) is 0 Å². The van der Waals surface area contributed by atoms with Crippen LogP contribution in [-0.2, 0) is 6.54 Å². The average Bonchev–Trinajstić information content (AvgIpc) is 2.73. The monoisotopic (exact) mass is 357 g/mol. The molecule has 0 atom stereocenters. The van der Waals surface area contributed by atoms with Gasteiger partial charge in [-0.15, -0.1) is 0 Å². The summed E-state index contributed by atoms with van der Waals surface area (Å²) in [7, 11) is 0. The van der Waals surface area contributed by atoms with E-state index in [1.54, 1.807) is 0 Å². The van der Waals surface area contributed by atoms with E-state index in [4.69, 9.17) is 4.42 Å². The third-order valence-corrected chi connectivity index (χ3v) is 5.95. The van der Waals surface area contributed by atoms with Gasteiger partial charge in [-0.1, -0.05) is 0 Å². The summed E-state index contributed by atoms with van der Waals surface area (Å²) in [5, 5.41) is 3.80. The van der Waals surface area contributed by atoms with Crippen LogP contribution in [0.25, 0.3) is 0 Å². The van der Waals surface area contributed by atoms with E-state index in [0.29, 0.717) is 0 Å². The molecule has 0 radical (unpaired) electrons. The summed E-state index contributed by atoms with van der Waals surface area (Å²) >= 11 is 2.24. The van der Waals surface area contributed by atoms with Gasteiger partial charge in [0.2, 0.25) is 0 Å². The minimum atomic E-state index is 0.764. The summed E-state index contributed by atoms with van der Waals surface area (Å²) in [6, 6.07) is 4.92. The molecule has 4 bridgehead atoms. The maximum absolute atomic E-state index is 5.65. The van der Waals surface area contributed by atoms with Gasteiger partial charge in [0.1, 0.15) is 5.76 Å². The Morgan fingerprint density at radius 1 is 1.06 bits per heavy atom. The first-order chi connectivity index (χ1) is 8.78. The Hall–Kier alpha value is -0.0300. The minimum absolute atomic E-state index is 0.764. The molecule has 4 aliphatic rings. The number of furan rings is 1. The zero-order valence-electron chi connectivity index (χ0n) is 10.6. The molecule has 0 amide bonds. The Morgan fingerprint density at radius 2 is 1.72 bits per heavy atom. The highest BCUT2D eigenvalue weighted by atomic mass is 127. The maximum atomic E-state index is 5.65. The highest BCUT2D eigenvalue weighted by molar-refractivity contribution is 14.1. The number of hydrogen-bond donors (Lipinski definition) is 1. The largest absolute Gasteiger partial charge is 0.454 e. The molecule has 1 heterocycles. The quantitative estimate of drug-likeness (QED) is 0.833.